The third kappa shape index (κ3) is 7.75. The maximum absolute atomic E-state index is 13.4. The van der Waals surface area contributed by atoms with Crippen molar-refractivity contribution in [2.75, 3.05) is 19.0 Å². The molecule has 0 saturated carbocycles. The van der Waals surface area contributed by atoms with Gasteiger partial charge in [-0.05, 0) is 60.5 Å². The number of carbonyl (C=O) groups excluding carboxylic acids is 2. The Kier molecular flexibility index (Phi) is 9.49. The van der Waals surface area contributed by atoms with Crippen LogP contribution < -0.4 is 10.1 Å². The Balaban J connectivity index is 1.29. The van der Waals surface area contributed by atoms with E-state index in [-0.39, 0.29) is 35.3 Å². The van der Waals surface area contributed by atoms with Crippen LogP contribution in [0.25, 0.3) is 11.3 Å². The summed E-state index contributed by atoms with van der Waals surface area (Å²) < 4.78 is 50.1. The molecule has 1 aliphatic rings. The minimum atomic E-state index is -4.47. The van der Waals surface area contributed by atoms with Gasteiger partial charge in [-0.2, -0.15) is 18.3 Å². The van der Waals surface area contributed by atoms with Crippen molar-refractivity contribution >= 4 is 40.6 Å². The molecular weight excluding hydrogens is 593 g/mol. The number of nitrogens with one attached hydrogen (secondary N) is 1. The standard InChI is InChI=1S/C32H27F3N4O4S/c1-42-25-12-10-24(11-13-25)37-29(40)19-28-30(41)39(17-16-21-6-3-2-4-7-21)31(44-28)38-36-20-26-14-15-27(43-26)22-8-5-9-23(18-22)32(33,34)35/h2-15,18,20,28H,16-17,19H2,1H3,(H,37,40)/b36-20+,38-31-. The van der Waals surface area contributed by atoms with Crippen molar-refractivity contribution in [3.05, 3.63) is 108 Å². The van der Waals surface area contributed by atoms with E-state index in [1.807, 2.05) is 30.3 Å². The Labute approximate surface area is 255 Å². The number of anilines is 1. The molecule has 1 N–H and O–H groups in total. The van der Waals surface area contributed by atoms with E-state index >= 15 is 0 Å². The molecule has 1 atom stereocenters. The molecule has 5 rings (SSSR count). The van der Waals surface area contributed by atoms with Crippen molar-refractivity contribution < 1.29 is 31.9 Å². The summed E-state index contributed by atoms with van der Waals surface area (Å²) in [5.41, 5.74) is 1.10. The highest BCUT2D eigenvalue weighted by Crippen LogP contribution is 2.33. The zero-order valence-corrected chi connectivity index (χ0v) is 24.3. The van der Waals surface area contributed by atoms with Gasteiger partial charge in [-0.25, -0.2) is 0 Å². The van der Waals surface area contributed by atoms with Crippen molar-refractivity contribution in [3.63, 3.8) is 0 Å². The number of methoxy groups -OCH3 is 1. The minimum Gasteiger partial charge on any atom is -0.497 e. The van der Waals surface area contributed by atoms with Crippen molar-refractivity contribution in [1.29, 1.82) is 0 Å². The van der Waals surface area contributed by atoms with Gasteiger partial charge in [0.1, 0.15) is 22.5 Å². The first-order valence-electron chi connectivity index (χ1n) is 13.5. The predicted molar refractivity (Wildman–Crippen MR) is 164 cm³/mol. The van der Waals surface area contributed by atoms with Crippen LogP contribution in [-0.4, -0.2) is 47.0 Å². The van der Waals surface area contributed by atoms with Crippen LogP contribution in [0.4, 0.5) is 18.9 Å². The van der Waals surface area contributed by atoms with Gasteiger partial charge in [-0.15, -0.1) is 5.10 Å². The normalized spacial score (nSPS) is 16.2. The molecule has 0 aliphatic carbocycles. The Bertz CT molecular complexity index is 1670. The lowest BCUT2D eigenvalue weighted by Crippen LogP contribution is -2.35. The fourth-order valence-electron chi connectivity index (χ4n) is 4.42. The van der Waals surface area contributed by atoms with Gasteiger partial charge in [0.25, 0.3) is 0 Å². The molecule has 4 aromatic rings. The molecule has 3 aromatic carbocycles. The molecule has 2 amide bonds. The first-order valence-corrected chi connectivity index (χ1v) is 14.4. The summed E-state index contributed by atoms with van der Waals surface area (Å²) in [6.07, 6.45) is -2.66. The smallest absolute Gasteiger partial charge is 0.416 e. The van der Waals surface area contributed by atoms with E-state index in [4.69, 9.17) is 9.15 Å². The van der Waals surface area contributed by atoms with Crippen LogP contribution in [0.15, 0.2) is 106 Å². The average Bonchev–Trinajstić information content (AvgIpc) is 3.61. The molecule has 12 heteroatoms. The Morgan fingerprint density at radius 2 is 1.82 bits per heavy atom. The second kappa shape index (κ2) is 13.6. The van der Waals surface area contributed by atoms with Gasteiger partial charge in [-0.3, -0.25) is 14.5 Å². The minimum absolute atomic E-state index is 0.0708. The molecule has 44 heavy (non-hydrogen) atoms. The Morgan fingerprint density at radius 1 is 1.05 bits per heavy atom. The first-order chi connectivity index (χ1) is 21.2. The molecule has 2 heterocycles. The molecule has 0 radical (unpaired) electrons. The monoisotopic (exact) mass is 620 g/mol. The number of ether oxygens (including phenoxy) is 1. The fourth-order valence-corrected chi connectivity index (χ4v) is 5.54. The van der Waals surface area contributed by atoms with Crippen LogP contribution in [0.1, 0.15) is 23.3 Å². The summed E-state index contributed by atoms with van der Waals surface area (Å²) in [4.78, 5) is 27.7. The highest BCUT2D eigenvalue weighted by molar-refractivity contribution is 8.15. The number of carbonyl (C=O) groups is 2. The van der Waals surface area contributed by atoms with Crippen LogP contribution in [0.2, 0.25) is 0 Å². The number of benzene rings is 3. The number of rotatable bonds is 10. The van der Waals surface area contributed by atoms with E-state index in [0.717, 1.165) is 29.5 Å². The number of halogens is 3. The van der Waals surface area contributed by atoms with Crippen molar-refractivity contribution in [3.8, 4) is 17.1 Å². The molecule has 1 aromatic heterocycles. The summed E-state index contributed by atoms with van der Waals surface area (Å²) in [6, 6.07) is 24.5. The Hall–Kier alpha value is -4.84. The fraction of sp³-hybridized carbons (Fsp3) is 0.188. The summed E-state index contributed by atoms with van der Waals surface area (Å²) >= 11 is 1.14. The highest BCUT2D eigenvalue weighted by Gasteiger charge is 2.39. The van der Waals surface area contributed by atoms with Gasteiger partial charge in [0.05, 0.1) is 18.9 Å². The highest BCUT2D eigenvalue weighted by atomic mass is 32.2. The molecule has 1 saturated heterocycles. The molecule has 1 fully saturated rings. The first kappa shape index (κ1) is 30.6. The summed E-state index contributed by atoms with van der Waals surface area (Å²) in [6.45, 7) is 0.335. The van der Waals surface area contributed by atoms with Crippen molar-refractivity contribution in [2.45, 2.75) is 24.3 Å². The van der Waals surface area contributed by atoms with Gasteiger partial charge in [-0.1, -0.05) is 54.2 Å². The molecular formula is C32H27F3N4O4S. The number of furan rings is 1. The zero-order valence-electron chi connectivity index (χ0n) is 23.5. The lowest BCUT2D eigenvalue weighted by Gasteiger charge is -2.15. The van der Waals surface area contributed by atoms with Gasteiger partial charge < -0.3 is 14.5 Å². The number of hydrogen-bond acceptors (Lipinski definition) is 7. The quantitative estimate of drug-likeness (QED) is 0.154. The molecule has 226 valence electrons. The van der Waals surface area contributed by atoms with E-state index in [9.17, 15) is 22.8 Å². The maximum Gasteiger partial charge on any atom is 0.416 e. The third-order valence-corrected chi connectivity index (χ3v) is 7.83. The SMILES string of the molecule is COc1ccc(NC(=O)CC2S/C(=N\N=C\c3ccc(-c4cccc(C(F)(F)F)c4)o3)N(CCc3ccccc3)C2=O)cc1. The molecule has 0 spiro atoms. The van der Waals surface area contributed by atoms with Crippen LogP contribution in [0, 0.1) is 0 Å². The maximum atomic E-state index is 13.4. The second-order valence-corrected chi connectivity index (χ2v) is 10.9. The summed E-state index contributed by atoms with van der Waals surface area (Å²) in [7, 11) is 1.55. The van der Waals surface area contributed by atoms with Crippen molar-refractivity contribution in [2.24, 2.45) is 10.2 Å². The largest absolute Gasteiger partial charge is 0.497 e. The Morgan fingerprint density at radius 3 is 2.55 bits per heavy atom. The topological polar surface area (TPSA) is 96.5 Å². The number of alkyl halides is 3. The van der Waals surface area contributed by atoms with E-state index in [1.54, 1.807) is 43.5 Å². The van der Waals surface area contributed by atoms with Gasteiger partial charge in [0.2, 0.25) is 11.8 Å². The van der Waals surface area contributed by atoms with E-state index < -0.39 is 17.0 Å². The van der Waals surface area contributed by atoms with E-state index in [0.29, 0.717) is 29.6 Å². The van der Waals surface area contributed by atoms with Gasteiger partial charge >= 0.3 is 6.18 Å². The van der Waals surface area contributed by atoms with Crippen LogP contribution in [-0.2, 0) is 22.2 Å². The molecule has 1 aliphatic heterocycles. The molecule has 0 bridgehead atoms. The number of amides is 2. The van der Waals surface area contributed by atoms with E-state index in [1.165, 1.54) is 23.2 Å². The number of amidine groups is 1. The third-order valence-electron chi connectivity index (χ3n) is 6.66. The van der Waals surface area contributed by atoms with Crippen LogP contribution in [0.3, 0.4) is 0 Å². The number of hydrogen-bond donors (Lipinski definition) is 1. The number of thioether (sulfide) groups is 1. The molecule has 8 nitrogen and oxygen atoms in total. The van der Waals surface area contributed by atoms with Gasteiger partial charge in [0, 0.05) is 24.2 Å². The summed E-state index contributed by atoms with van der Waals surface area (Å²) in [5.74, 6) is 0.577. The number of nitrogens with zero attached hydrogens (tertiary/aromatic N) is 3. The van der Waals surface area contributed by atoms with Gasteiger partial charge in [0.15, 0.2) is 5.17 Å². The average molecular weight is 621 g/mol. The summed E-state index contributed by atoms with van der Waals surface area (Å²) in [5, 5.41) is 10.8. The lowest BCUT2D eigenvalue weighted by atomic mass is 10.1. The lowest BCUT2D eigenvalue weighted by molar-refractivity contribution is -0.137. The second-order valence-electron chi connectivity index (χ2n) is 9.72. The van der Waals surface area contributed by atoms with Crippen LogP contribution >= 0.6 is 11.8 Å². The van der Waals surface area contributed by atoms with Crippen molar-refractivity contribution in [1.82, 2.24) is 4.90 Å². The van der Waals surface area contributed by atoms with E-state index in [2.05, 4.69) is 15.5 Å². The predicted octanol–water partition coefficient (Wildman–Crippen LogP) is 6.88. The van der Waals surface area contributed by atoms with Crippen LogP contribution in [0.5, 0.6) is 5.75 Å². The zero-order chi connectivity index (χ0) is 31.1. The molecule has 1 unspecified atom stereocenters.